The summed E-state index contributed by atoms with van der Waals surface area (Å²) in [4.78, 5) is 12.8. The summed E-state index contributed by atoms with van der Waals surface area (Å²) in [6.45, 7) is 4.25. The molecule has 23 heavy (non-hydrogen) atoms. The molecule has 0 bridgehead atoms. The Morgan fingerprint density at radius 1 is 1.04 bits per heavy atom. The number of piperazine rings is 1. The van der Waals surface area contributed by atoms with Gasteiger partial charge >= 0.3 is 0 Å². The first-order valence-electron chi connectivity index (χ1n) is 7.87. The van der Waals surface area contributed by atoms with E-state index < -0.39 is 0 Å². The summed E-state index contributed by atoms with van der Waals surface area (Å²) in [5, 5.41) is 1.90. The smallest absolute Gasteiger partial charge is 0.128 e. The Hall–Kier alpha value is -2.04. The molecule has 0 radical (unpaired) electrons. The van der Waals surface area contributed by atoms with Crippen LogP contribution in [0.3, 0.4) is 0 Å². The summed E-state index contributed by atoms with van der Waals surface area (Å²) >= 11 is 6.05. The van der Waals surface area contributed by atoms with Gasteiger partial charge in [-0.25, -0.2) is 4.98 Å². The van der Waals surface area contributed by atoms with E-state index in [0.29, 0.717) is 0 Å². The van der Waals surface area contributed by atoms with Crippen molar-refractivity contribution in [1.29, 1.82) is 0 Å². The lowest BCUT2D eigenvalue weighted by atomic mass is 10.2. The number of hydrogen-bond acceptors (Lipinski definition) is 3. The molecule has 0 unspecified atom stereocenters. The summed E-state index contributed by atoms with van der Waals surface area (Å²) in [7, 11) is 2.16. The number of H-pyrrole nitrogens is 1. The molecule has 0 spiro atoms. The third-order valence-electron chi connectivity index (χ3n) is 4.47. The highest BCUT2D eigenvalue weighted by Crippen LogP contribution is 2.26. The van der Waals surface area contributed by atoms with Gasteiger partial charge in [0.15, 0.2) is 0 Å². The highest BCUT2D eigenvalue weighted by Gasteiger charge is 2.15. The second kappa shape index (κ2) is 5.87. The molecule has 0 saturated carbocycles. The molecule has 3 aromatic rings. The van der Waals surface area contributed by atoms with Crippen LogP contribution < -0.4 is 4.90 Å². The molecule has 0 amide bonds. The Morgan fingerprint density at radius 3 is 2.61 bits per heavy atom. The minimum absolute atomic E-state index is 0.745. The average Bonchev–Trinajstić information content (AvgIpc) is 2.99. The van der Waals surface area contributed by atoms with Crippen molar-refractivity contribution in [2.24, 2.45) is 0 Å². The molecule has 1 fully saturated rings. The highest BCUT2D eigenvalue weighted by molar-refractivity contribution is 6.31. The molecule has 1 aliphatic rings. The summed E-state index contributed by atoms with van der Waals surface area (Å²) in [5.41, 5.74) is 3.21. The zero-order valence-corrected chi connectivity index (χ0v) is 13.8. The molecular weight excluding hydrogens is 308 g/mol. The van der Waals surface area contributed by atoms with Crippen LogP contribution in [0.4, 0.5) is 5.82 Å². The van der Waals surface area contributed by atoms with Gasteiger partial charge in [-0.2, -0.15) is 0 Å². The van der Waals surface area contributed by atoms with Crippen molar-refractivity contribution in [3.05, 3.63) is 47.6 Å². The number of hydrogen-bond donors (Lipinski definition) is 1. The third-order valence-corrected chi connectivity index (χ3v) is 4.71. The zero-order chi connectivity index (χ0) is 15.8. The van der Waals surface area contributed by atoms with Crippen LogP contribution in [-0.2, 0) is 0 Å². The monoisotopic (exact) mass is 326 g/mol. The average molecular weight is 327 g/mol. The predicted molar refractivity (Wildman–Crippen MR) is 96.2 cm³/mol. The molecule has 1 N–H and O–H groups in total. The molecule has 0 atom stereocenters. The van der Waals surface area contributed by atoms with Crippen LogP contribution in [0.25, 0.3) is 22.2 Å². The van der Waals surface area contributed by atoms with E-state index in [1.165, 1.54) is 0 Å². The van der Waals surface area contributed by atoms with Crippen LogP contribution in [-0.4, -0.2) is 48.1 Å². The van der Waals surface area contributed by atoms with Gasteiger partial charge in [-0.15, -0.1) is 0 Å². The first-order chi connectivity index (χ1) is 11.2. The van der Waals surface area contributed by atoms with Gasteiger partial charge in [0.05, 0.1) is 0 Å². The molecule has 1 aliphatic heterocycles. The van der Waals surface area contributed by atoms with Crippen LogP contribution >= 0.6 is 11.6 Å². The minimum atomic E-state index is 0.745. The molecule has 0 aliphatic carbocycles. The second-order valence-electron chi connectivity index (χ2n) is 6.11. The van der Waals surface area contributed by atoms with Gasteiger partial charge in [0.2, 0.25) is 0 Å². The van der Waals surface area contributed by atoms with Gasteiger partial charge in [-0.1, -0.05) is 17.7 Å². The Bertz CT molecular complexity index is 817. The van der Waals surface area contributed by atoms with Crippen molar-refractivity contribution in [2.75, 3.05) is 38.1 Å². The fraction of sp³-hybridized carbons (Fsp3) is 0.278. The maximum Gasteiger partial charge on any atom is 0.128 e. The number of aromatic amines is 1. The van der Waals surface area contributed by atoms with Crippen molar-refractivity contribution in [2.45, 2.75) is 0 Å². The Kier molecular flexibility index (Phi) is 3.71. The molecule has 2 aromatic heterocycles. The predicted octanol–water partition coefficient (Wildman–Crippen LogP) is 3.64. The largest absolute Gasteiger partial charge is 0.354 e. The number of fused-ring (bicyclic) bond motifs is 1. The lowest BCUT2D eigenvalue weighted by Gasteiger charge is -2.33. The Balaban J connectivity index is 1.59. The number of halogens is 1. The quantitative estimate of drug-likeness (QED) is 0.781. The van der Waals surface area contributed by atoms with Gasteiger partial charge < -0.3 is 14.8 Å². The summed E-state index contributed by atoms with van der Waals surface area (Å²) < 4.78 is 0. The lowest BCUT2D eigenvalue weighted by Crippen LogP contribution is -2.44. The number of nitrogens with zero attached hydrogens (tertiary/aromatic N) is 3. The minimum Gasteiger partial charge on any atom is -0.354 e. The van der Waals surface area contributed by atoms with Gasteiger partial charge in [0, 0.05) is 59.6 Å². The number of anilines is 1. The summed E-state index contributed by atoms with van der Waals surface area (Å²) in [5.74, 6) is 1.06. The van der Waals surface area contributed by atoms with Gasteiger partial charge in [-0.3, -0.25) is 0 Å². The van der Waals surface area contributed by atoms with Crippen molar-refractivity contribution < 1.29 is 0 Å². The van der Waals surface area contributed by atoms with Gasteiger partial charge in [-0.05, 0) is 37.4 Å². The third kappa shape index (κ3) is 2.92. The van der Waals surface area contributed by atoms with Crippen LogP contribution in [0.15, 0.2) is 42.6 Å². The van der Waals surface area contributed by atoms with Crippen molar-refractivity contribution in [1.82, 2.24) is 14.9 Å². The summed E-state index contributed by atoms with van der Waals surface area (Å²) in [6.07, 6.45) is 1.94. The number of benzene rings is 1. The Morgan fingerprint density at radius 2 is 1.87 bits per heavy atom. The molecule has 4 nitrogen and oxygen atoms in total. The first-order valence-corrected chi connectivity index (χ1v) is 8.25. The van der Waals surface area contributed by atoms with E-state index in [9.17, 15) is 0 Å². The number of likely N-dealkylation sites (N-methyl/N-ethyl adjacent to an activating group) is 1. The fourth-order valence-corrected chi connectivity index (χ4v) is 3.19. The molecule has 4 rings (SSSR count). The standard InChI is InChI=1S/C18H19ClN4/c1-22-6-8-23(9-7-22)18-5-3-14(12-20-18)16-10-13-2-4-15(19)11-17(13)21-16/h2-5,10-12,21H,6-9H2,1H3. The molecule has 3 heterocycles. The molecule has 1 aromatic carbocycles. The van der Waals surface area contributed by atoms with Crippen LogP contribution in [0.5, 0.6) is 0 Å². The van der Waals surface area contributed by atoms with E-state index in [4.69, 9.17) is 11.6 Å². The highest BCUT2D eigenvalue weighted by atomic mass is 35.5. The number of rotatable bonds is 2. The van der Waals surface area contributed by atoms with Crippen LogP contribution in [0, 0.1) is 0 Å². The number of pyridine rings is 1. The second-order valence-corrected chi connectivity index (χ2v) is 6.55. The number of nitrogens with one attached hydrogen (secondary N) is 1. The van der Waals surface area contributed by atoms with E-state index in [1.807, 2.05) is 24.4 Å². The Labute approximate surface area is 140 Å². The van der Waals surface area contributed by atoms with Crippen molar-refractivity contribution >= 4 is 28.3 Å². The van der Waals surface area contributed by atoms with Crippen molar-refractivity contribution in [3.63, 3.8) is 0 Å². The van der Waals surface area contributed by atoms with E-state index in [0.717, 1.165) is 59.2 Å². The fourth-order valence-electron chi connectivity index (χ4n) is 3.02. The van der Waals surface area contributed by atoms with Gasteiger partial charge in [0.1, 0.15) is 5.82 Å². The van der Waals surface area contributed by atoms with E-state index in [1.54, 1.807) is 0 Å². The van der Waals surface area contributed by atoms with Gasteiger partial charge in [0.25, 0.3) is 0 Å². The maximum absolute atomic E-state index is 6.05. The van der Waals surface area contributed by atoms with E-state index in [2.05, 4.69) is 45.0 Å². The summed E-state index contributed by atoms with van der Waals surface area (Å²) in [6, 6.07) is 12.3. The zero-order valence-electron chi connectivity index (χ0n) is 13.1. The molecule has 1 saturated heterocycles. The molecular formula is C18H19ClN4. The van der Waals surface area contributed by atoms with Crippen LogP contribution in [0.1, 0.15) is 0 Å². The first kappa shape index (κ1) is 14.5. The van der Waals surface area contributed by atoms with Crippen molar-refractivity contribution in [3.8, 4) is 11.3 Å². The number of aromatic nitrogens is 2. The van der Waals surface area contributed by atoms with E-state index in [-0.39, 0.29) is 0 Å². The molecule has 118 valence electrons. The normalized spacial score (nSPS) is 16.2. The lowest BCUT2D eigenvalue weighted by molar-refractivity contribution is 0.312. The SMILES string of the molecule is CN1CCN(c2ccc(-c3cc4ccc(Cl)cc4[nH]3)cn2)CC1. The topological polar surface area (TPSA) is 35.2 Å². The maximum atomic E-state index is 6.05. The van der Waals surface area contributed by atoms with E-state index >= 15 is 0 Å². The van der Waals surface area contributed by atoms with Crippen LogP contribution in [0.2, 0.25) is 5.02 Å². The molecule has 5 heteroatoms.